The molecule has 0 bridgehead atoms. The summed E-state index contributed by atoms with van der Waals surface area (Å²) in [5.41, 5.74) is 3.67. The average Bonchev–Trinajstić information content (AvgIpc) is 2.63. The molecule has 0 unspecified atom stereocenters. The molecule has 0 spiro atoms. The van der Waals surface area contributed by atoms with Crippen LogP contribution in [-0.2, 0) is 14.8 Å². The first-order valence-corrected chi connectivity index (χ1v) is 11.9. The van der Waals surface area contributed by atoms with Gasteiger partial charge >= 0.3 is 0 Å². The van der Waals surface area contributed by atoms with Crippen molar-refractivity contribution in [1.29, 1.82) is 0 Å². The van der Waals surface area contributed by atoms with E-state index in [4.69, 9.17) is 11.6 Å². The van der Waals surface area contributed by atoms with Crippen molar-refractivity contribution < 1.29 is 13.2 Å². The van der Waals surface area contributed by atoms with Crippen molar-refractivity contribution in [3.8, 4) is 0 Å². The summed E-state index contributed by atoms with van der Waals surface area (Å²) in [6.07, 6.45) is 2.13. The number of carbonyl (C=O) groups excluding carboxylic acids is 1. The normalized spacial score (nSPS) is 13.6. The first-order valence-electron chi connectivity index (χ1n) is 9.71. The van der Waals surface area contributed by atoms with Gasteiger partial charge in [-0.15, -0.1) is 0 Å². The van der Waals surface area contributed by atoms with Crippen molar-refractivity contribution >= 4 is 33.2 Å². The summed E-state index contributed by atoms with van der Waals surface area (Å²) in [6, 6.07) is 11.6. The molecule has 5 nitrogen and oxygen atoms in total. The summed E-state index contributed by atoms with van der Waals surface area (Å²) < 4.78 is 26.3. The second-order valence-electron chi connectivity index (χ2n) is 7.29. The van der Waals surface area contributed by atoms with E-state index >= 15 is 0 Å². The van der Waals surface area contributed by atoms with E-state index < -0.39 is 16.1 Å². The maximum atomic E-state index is 13.2. The molecule has 0 fully saturated rings. The van der Waals surface area contributed by atoms with Crippen LogP contribution in [0, 0.1) is 13.8 Å². The van der Waals surface area contributed by atoms with Gasteiger partial charge in [-0.05, 0) is 56.0 Å². The van der Waals surface area contributed by atoms with E-state index in [1.807, 2.05) is 32.9 Å². The van der Waals surface area contributed by atoms with Gasteiger partial charge in [0.1, 0.15) is 6.04 Å². The summed E-state index contributed by atoms with van der Waals surface area (Å²) in [5.74, 6) is -0.329. The molecule has 2 aromatic rings. The molecule has 0 saturated heterocycles. The van der Waals surface area contributed by atoms with Crippen LogP contribution in [0.15, 0.2) is 42.5 Å². The lowest BCUT2D eigenvalue weighted by molar-refractivity contribution is -0.123. The Morgan fingerprint density at radius 3 is 2.31 bits per heavy atom. The highest BCUT2D eigenvalue weighted by atomic mass is 35.5. The fourth-order valence-corrected chi connectivity index (χ4v) is 4.95. The second kappa shape index (κ2) is 9.63. The van der Waals surface area contributed by atoms with Crippen LogP contribution in [0.25, 0.3) is 0 Å². The Hall–Kier alpha value is -2.05. The van der Waals surface area contributed by atoms with Gasteiger partial charge in [0.15, 0.2) is 0 Å². The molecule has 1 N–H and O–H groups in total. The van der Waals surface area contributed by atoms with Crippen molar-refractivity contribution in [2.75, 3.05) is 10.6 Å². The first kappa shape index (κ1) is 23.2. The van der Waals surface area contributed by atoms with Gasteiger partial charge in [-0.2, -0.15) is 0 Å². The summed E-state index contributed by atoms with van der Waals surface area (Å²) in [6.45, 7) is 7.84. The topological polar surface area (TPSA) is 66.5 Å². The molecule has 2 atom stereocenters. The first-order chi connectivity index (χ1) is 13.6. The molecule has 0 heterocycles. The van der Waals surface area contributed by atoms with Crippen molar-refractivity contribution in [3.63, 3.8) is 0 Å². The second-order valence-corrected chi connectivity index (χ2v) is 9.59. The standard InChI is InChI=1S/C22H29ClN2O3S/c1-6-20(19-12-11-15(3)13-16(19)4)24-22(26)21(7-2)25(29(5,27)28)18-10-8-9-17(23)14-18/h8-14,20-21H,6-7H2,1-5H3,(H,24,26)/t20-,21+/m1/s1. The van der Waals surface area contributed by atoms with Gasteiger partial charge in [0.05, 0.1) is 18.0 Å². The molecule has 0 aliphatic carbocycles. The molecule has 0 aromatic heterocycles. The van der Waals surface area contributed by atoms with Crippen LogP contribution in [0.4, 0.5) is 5.69 Å². The lowest BCUT2D eigenvalue weighted by Crippen LogP contribution is -2.50. The summed E-state index contributed by atoms with van der Waals surface area (Å²) >= 11 is 6.06. The molecule has 0 aliphatic heterocycles. The van der Waals surface area contributed by atoms with Gasteiger partial charge in [0, 0.05) is 5.02 Å². The smallest absolute Gasteiger partial charge is 0.244 e. The molecule has 7 heteroatoms. The van der Waals surface area contributed by atoms with E-state index in [0.29, 0.717) is 23.6 Å². The number of halogens is 1. The number of nitrogens with one attached hydrogen (secondary N) is 1. The van der Waals surface area contributed by atoms with Crippen LogP contribution in [0.3, 0.4) is 0 Å². The number of hydrogen-bond donors (Lipinski definition) is 1. The lowest BCUT2D eigenvalue weighted by atomic mass is 9.97. The third-order valence-electron chi connectivity index (χ3n) is 4.92. The monoisotopic (exact) mass is 436 g/mol. The predicted molar refractivity (Wildman–Crippen MR) is 120 cm³/mol. The Balaban J connectivity index is 2.38. The van der Waals surface area contributed by atoms with Crippen molar-refractivity contribution in [1.82, 2.24) is 5.32 Å². The van der Waals surface area contributed by atoms with E-state index in [0.717, 1.165) is 27.3 Å². The highest BCUT2D eigenvalue weighted by Gasteiger charge is 2.32. The van der Waals surface area contributed by atoms with E-state index in [-0.39, 0.29) is 11.9 Å². The minimum absolute atomic E-state index is 0.196. The van der Waals surface area contributed by atoms with E-state index in [2.05, 4.69) is 11.4 Å². The van der Waals surface area contributed by atoms with Crippen LogP contribution in [0.5, 0.6) is 0 Å². The van der Waals surface area contributed by atoms with Gasteiger partial charge in [0.25, 0.3) is 0 Å². The number of amides is 1. The molecule has 0 saturated carbocycles. The van der Waals surface area contributed by atoms with Crippen LogP contribution in [0.1, 0.15) is 49.4 Å². The van der Waals surface area contributed by atoms with E-state index in [9.17, 15) is 13.2 Å². The molecule has 29 heavy (non-hydrogen) atoms. The summed E-state index contributed by atoms with van der Waals surface area (Å²) in [7, 11) is -3.70. The van der Waals surface area contributed by atoms with Crippen LogP contribution in [0.2, 0.25) is 5.02 Å². The molecule has 2 rings (SSSR count). The van der Waals surface area contributed by atoms with Crippen molar-refractivity contribution in [2.24, 2.45) is 0 Å². The van der Waals surface area contributed by atoms with Gasteiger partial charge in [-0.25, -0.2) is 8.42 Å². The molecule has 1 amide bonds. The van der Waals surface area contributed by atoms with Crippen LogP contribution in [-0.4, -0.2) is 26.6 Å². The van der Waals surface area contributed by atoms with E-state index in [1.165, 1.54) is 0 Å². The fraction of sp³-hybridized carbons (Fsp3) is 0.409. The maximum Gasteiger partial charge on any atom is 0.244 e. The zero-order chi connectivity index (χ0) is 21.8. The SMILES string of the molecule is CC[C@@H](NC(=O)[C@H](CC)N(c1cccc(Cl)c1)S(C)(=O)=O)c1ccc(C)cc1C. The van der Waals surface area contributed by atoms with Crippen LogP contribution >= 0.6 is 11.6 Å². The van der Waals surface area contributed by atoms with Crippen molar-refractivity contribution in [2.45, 2.75) is 52.6 Å². The Bertz CT molecular complexity index is 976. The Morgan fingerprint density at radius 2 is 1.79 bits per heavy atom. The molecule has 0 radical (unpaired) electrons. The Labute approximate surface area is 179 Å². The highest BCUT2D eigenvalue weighted by Crippen LogP contribution is 2.27. The number of aryl methyl sites for hydroxylation is 2. The zero-order valence-corrected chi connectivity index (χ0v) is 19.1. The number of carbonyl (C=O) groups is 1. The van der Waals surface area contributed by atoms with Gasteiger partial charge in [-0.1, -0.05) is 55.3 Å². The summed E-state index contributed by atoms with van der Waals surface area (Å²) in [4.78, 5) is 13.2. The number of nitrogens with zero attached hydrogens (tertiary/aromatic N) is 1. The summed E-state index contributed by atoms with van der Waals surface area (Å²) in [5, 5.41) is 3.46. The van der Waals surface area contributed by atoms with E-state index in [1.54, 1.807) is 31.2 Å². The molecule has 2 aromatic carbocycles. The number of sulfonamides is 1. The van der Waals surface area contributed by atoms with Crippen LogP contribution < -0.4 is 9.62 Å². The number of rotatable bonds is 8. The number of hydrogen-bond acceptors (Lipinski definition) is 3. The quantitative estimate of drug-likeness (QED) is 0.648. The molecule has 0 aliphatic rings. The lowest BCUT2D eigenvalue weighted by Gasteiger charge is -2.31. The Kier molecular flexibility index (Phi) is 7.72. The average molecular weight is 437 g/mol. The maximum absolute atomic E-state index is 13.2. The largest absolute Gasteiger partial charge is 0.347 e. The zero-order valence-electron chi connectivity index (χ0n) is 17.6. The van der Waals surface area contributed by atoms with Gasteiger partial charge in [0.2, 0.25) is 15.9 Å². The third kappa shape index (κ3) is 5.73. The molecular formula is C22H29ClN2O3S. The minimum atomic E-state index is -3.70. The Morgan fingerprint density at radius 1 is 1.10 bits per heavy atom. The fourth-order valence-electron chi connectivity index (χ4n) is 3.56. The number of anilines is 1. The van der Waals surface area contributed by atoms with Gasteiger partial charge in [-0.3, -0.25) is 9.10 Å². The minimum Gasteiger partial charge on any atom is -0.347 e. The third-order valence-corrected chi connectivity index (χ3v) is 6.33. The highest BCUT2D eigenvalue weighted by molar-refractivity contribution is 7.92. The number of benzene rings is 2. The predicted octanol–water partition coefficient (Wildman–Crippen LogP) is 4.77. The van der Waals surface area contributed by atoms with Crippen molar-refractivity contribution in [3.05, 3.63) is 64.2 Å². The molecular weight excluding hydrogens is 408 g/mol. The van der Waals surface area contributed by atoms with Gasteiger partial charge < -0.3 is 5.32 Å². The molecule has 158 valence electrons.